The van der Waals surface area contributed by atoms with E-state index in [1.54, 1.807) is 6.07 Å². The van der Waals surface area contributed by atoms with Crippen LogP contribution in [0.5, 0.6) is 0 Å². The highest BCUT2D eigenvalue weighted by Crippen LogP contribution is 2.05. The second-order valence-corrected chi connectivity index (χ2v) is 3.26. The first-order valence-corrected chi connectivity index (χ1v) is 4.48. The Hall–Kier alpha value is -1.98. The quantitative estimate of drug-likeness (QED) is 0.695. The zero-order valence-corrected chi connectivity index (χ0v) is 8.47. The van der Waals surface area contributed by atoms with Crippen molar-refractivity contribution in [3.05, 3.63) is 29.4 Å². The number of aryl methyl sites for hydroxylation is 1. The van der Waals surface area contributed by atoms with Gasteiger partial charge in [0.25, 0.3) is 0 Å². The van der Waals surface area contributed by atoms with Gasteiger partial charge < -0.3 is 4.52 Å². The number of ketones is 1. The van der Waals surface area contributed by atoms with Gasteiger partial charge in [0.2, 0.25) is 0 Å². The highest BCUT2D eigenvalue weighted by atomic mass is 16.5. The molecule has 0 N–H and O–H groups in total. The summed E-state index contributed by atoms with van der Waals surface area (Å²) in [5.41, 5.74) is 1.19. The van der Waals surface area contributed by atoms with E-state index in [1.165, 1.54) is 17.8 Å². The lowest BCUT2D eigenvalue weighted by Gasteiger charge is -1.99. The summed E-state index contributed by atoms with van der Waals surface area (Å²) in [5, 5.41) is 11.3. The number of hydrogen-bond donors (Lipinski definition) is 0. The standard InChI is InChI=1S/C9H10N4O2/c1-6-3-8(11-15-6)5-13-9(7(2)14)4-10-12-13/h3-4H,5H2,1-2H3. The summed E-state index contributed by atoms with van der Waals surface area (Å²) in [4.78, 5) is 11.2. The third-order valence-electron chi connectivity index (χ3n) is 1.97. The normalized spacial score (nSPS) is 10.5. The topological polar surface area (TPSA) is 73.8 Å². The smallest absolute Gasteiger partial charge is 0.179 e. The van der Waals surface area contributed by atoms with Gasteiger partial charge in [-0.05, 0) is 6.92 Å². The molecule has 6 heteroatoms. The van der Waals surface area contributed by atoms with Crippen LogP contribution in [0.4, 0.5) is 0 Å². The number of rotatable bonds is 3. The van der Waals surface area contributed by atoms with Crippen LogP contribution in [0.15, 0.2) is 16.8 Å². The third-order valence-corrected chi connectivity index (χ3v) is 1.97. The van der Waals surface area contributed by atoms with E-state index in [2.05, 4.69) is 15.5 Å². The van der Waals surface area contributed by atoms with Crippen LogP contribution in [0.3, 0.4) is 0 Å². The van der Waals surface area contributed by atoms with Gasteiger partial charge in [0.1, 0.15) is 17.1 Å². The van der Waals surface area contributed by atoms with Crippen LogP contribution in [-0.4, -0.2) is 25.9 Å². The minimum absolute atomic E-state index is 0.0692. The van der Waals surface area contributed by atoms with Crippen LogP contribution in [-0.2, 0) is 6.54 Å². The van der Waals surface area contributed by atoms with Gasteiger partial charge in [-0.25, -0.2) is 4.68 Å². The van der Waals surface area contributed by atoms with E-state index in [0.717, 1.165) is 11.5 Å². The zero-order valence-electron chi connectivity index (χ0n) is 8.47. The summed E-state index contributed by atoms with van der Waals surface area (Å²) < 4.78 is 6.42. The monoisotopic (exact) mass is 206 g/mol. The lowest BCUT2D eigenvalue weighted by atomic mass is 10.3. The van der Waals surface area contributed by atoms with Gasteiger partial charge in [0.05, 0.1) is 12.7 Å². The Morgan fingerprint density at radius 2 is 2.40 bits per heavy atom. The number of Topliss-reactive ketones (excluding diaryl/α,β-unsaturated/α-hetero) is 1. The first-order chi connectivity index (χ1) is 7.16. The molecule has 0 spiro atoms. The summed E-state index contributed by atoms with van der Waals surface area (Å²) in [7, 11) is 0. The molecule has 0 atom stereocenters. The highest BCUT2D eigenvalue weighted by Gasteiger charge is 2.10. The Labute approximate surface area is 85.9 Å². The third kappa shape index (κ3) is 1.93. The SMILES string of the molecule is CC(=O)c1cnnn1Cc1cc(C)on1. The number of carbonyl (C=O) groups excluding carboxylic acids is 1. The van der Waals surface area contributed by atoms with Gasteiger partial charge in [-0.15, -0.1) is 5.10 Å². The first kappa shape index (κ1) is 9.57. The molecule has 0 aromatic carbocycles. The molecule has 0 aliphatic heterocycles. The molecular weight excluding hydrogens is 196 g/mol. The number of hydrogen-bond acceptors (Lipinski definition) is 5. The summed E-state index contributed by atoms with van der Waals surface area (Å²) >= 11 is 0. The zero-order chi connectivity index (χ0) is 10.8. The largest absolute Gasteiger partial charge is 0.361 e. The van der Waals surface area contributed by atoms with Crippen LogP contribution in [0.25, 0.3) is 0 Å². The predicted molar refractivity (Wildman–Crippen MR) is 50.4 cm³/mol. The Balaban J connectivity index is 2.24. The summed E-state index contributed by atoms with van der Waals surface area (Å²) in [6.45, 7) is 3.68. The molecule has 0 fully saturated rings. The van der Waals surface area contributed by atoms with Crippen molar-refractivity contribution in [1.29, 1.82) is 0 Å². The van der Waals surface area contributed by atoms with E-state index in [4.69, 9.17) is 4.52 Å². The molecule has 0 saturated heterocycles. The maximum Gasteiger partial charge on any atom is 0.179 e. The second kappa shape index (κ2) is 3.64. The fourth-order valence-electron chi connectivity index (χ4n) is 1.29. The molecule has 0 unspecified atom stereocenters. The molecule has 0 amide bonds. The molecule has 6 nitrogen and oxygen atoms in total. The van der Waals surface area contributed by atoms with Crippen molar-refractivity contribution >= 4 is 5.78 Å². The summed E-state index contributed by atoms with van der Waals surface area (Å²) in [5.74, 6) is 0.662. The molecule has 2 heterocycles. The number of carbonyl (C=O) groups is 1. The fraction of sp³-hybridized carbons (Fsp3) is 0.333. The molecule has 0 bridgehead atoms. The average Bonchev–Trinajstić information content (AvgIpc) is 2.75. The Kier molecular flexibility index (Phi) is 2.32. The molecular formula is C9H10N4O2. The van der Waals surface area contributed by atoms with Crippen LogP contribution in [0, 0.1) is 6.92 Å². The molecule has 2 aromatic heterocycles. The van der Waals surface area contributed by atoms with Crippen molar-refractivity contribution in [3.8, 4) is 0 Å². The van der Waals surface area contributed by atoms with Crippen molar-refractivity contribution in [3.63, 3.8) is 0 Å². The molecule has 0 aliphatic rings. The second-order valence-electron chi connectivity index (χ2n) is 3.26. The van der Waals surface area contributed by atoms with Crippen LogP contribution >= 0.6 is 0 Å². The summed E-state index contributed by atoms with van der Waals surface area (Å²) in [6, 6.07) is 1.80. The molecule has 0 aliphatic carbocycles. The molecule has 2 rings (SSSR count). The van der Waals surface area contributed by atoms with Gasteiger partial charge in [-0.1, -0.05) is 10.4 Å². The van der Waals surface area contributed by atoms with E-state index < -0.39 is 0 Å². The fourth-order valence-corrected chi connectivity index (χ4v) is 1.29. The Morgan fingerprint density at radius 3 is 3.00 bits per heavy atom. The van der Waals surface area contributed by atoms with Crippen LogP contribution < -0.4 is 0 Å². The minimum Gasteiger partial charge on any atom is -0.361 e. The lowest BCUT2D eigenvalue weighted by Crippen LogP contribution is -2.09. The predicted octanol–water partition coefficient (Wildman–Crippen LogP) is 0.825. The van der Waals surface area contributed by atoms with Gasteiger partial charge in [-0.2, -0.15) is 0 Å². The van der Waals surface area contributed by atoms with Gasteiger partial charge in [-0.3, -0.25) is 4.79 Å². The van der Waals surface area contributed by atoms with Crippen molar-refractivity contribution in [2.45, 2.75) is 20.4 Å². The van der Waals surface area contributed by atoms with Gasteiger partial charge in [0.15, 0.2) is 5.78 Å². The van der Waals surface area contributed by atoms with E-state index >= 15 is 0 Å². The maximum atomic E-state index is 11.2. The van der Waals surface area contributed by atoms with Gasteiger partial charge in [0, 0.05) is 13.0 Å². The average molecular weight is 206 g/mol. The first-order valence-electron chi connectivity index (χ1n) is 4.48. The van der Waals surface area contributed by atoms with Gasteiger partial charge >= 0.3 is 0 Å². The van der Waals surface area contributed by atoms with Crippen LogP contribution in [0.1, 0.15) is 28.9 Å². The lowest BCUT2D eigenvalue weighted by molar-refractivity contribution is 0.100. The molecule has 2 aromatic rings. The van der Waals surface area contributed by atoms with E-state index in [1.807, 2.05) is 6.92 Å². The number of nitrogens with zero attached hydrogens (tertiary/aromatic N) is 4. The molecule has 78 valence electrons. The van der Waals surface area contributed by atoms with Crippen molar-refractivity contribution < 1.29 is 9.32 Å². The minimum atomic E-state index is -0.0692. The highest BCUT2D eigenvalue weighted by molar-refractivity contribution is 5.91. The van der Waals surface area contributed by atoms with Crippen molar-refractivity contribution in [2.24, 2.45) is 0 Å². The number of aromatic nitrogens is 4. The summed E-state index contributed by atoms with van der Waals surface area (Å²) in [6.07, 6.45) is 1.44. The van der Waals surface area contributed by atoms with Crippen molar-refractivity contribution in [2.75, 3.05) is 0 Å². The van der Waals surface area contributed by atoms with Crippen LogP contribution in [0.2, 0.25) is 0 Å². The Bertz CT molecular complexity index is 486. The van der Waals surface area contributed by atoms with Crippen molar-refractivity contribution in [1.82, 2.24) is 20.2 Å². The van der Waals surface area contributed by atoms with E-state index in [0.29, 0.717) is 12.2 Å². The molecule has 15 heavy (non-hydrogen) atoms. The van der Waals surface area contributed by atoms with E-state index in [-0.39, 0.29) is 5.78 Å². The van der Waals surface area contributed by atoms with E-state index in [9.17, 15) is 4.79 Å². The Morgan fingerprint density at radius 1 is 1.60 bits per heavy atom. The maximum absolute atomic E-state index is 11.2. The molecule has 0 radical (unpaired) electrons. The molecule has 0 saturated carbocycles.